The van der Waals surface area contributed by atoms with Gasteiger partial charge in [-0.25, -0.2) is 0 Å². The van der Waals surface area contributed by atoms with Crippen LogP contribution in [0, 0.1) is 11.3 Å². The van der Waals surface area contributed by atoms with E-state index < -0.39 is 0 Å². The Bertz CT molecular complexity index is 317. The van der Waals surface area contributed by atoms with Gasteiger partial charge in [-0.3, -0.25) is 4.79 Å². The van der Waals surface area contributed by atoms with Gasteiger partial charge in [-0.15, -0.1) is 0 Å². The zero-order valence-electron chi connectivity index (χ0n) is 12.1. The molecule has 19 heavy (non-hydrogen) atoms. The van der Waals surface area contributed by atoms with Crippen LogP contribution >= 0.6 is 0 Å². The van der Waals surface area contributed by atoms with Gasteiger partial charge in [0.2, 0.25) is 5.91 Å². The Balaban J connectivity index is 1.73. The van der Waals surface area contributed by atoms with Crippen molar-refractivity contribution in [3.63, 3.8) is 0 Å². The van der Waals surface area contributed by atoms with Crippen molar-refractivity contribution < 1.29 is 4.79 Å². The molecular formula is C16H28N2O. The lowest BCUT2D eigenvalue weighted by molar-refractivity contribution is -0.130. The first-order valence-electron chi connectivity index (χ1n) is 8.29. The van der Waals surface area contributed by atoms with E-state index in [1.165, 1.54) is 44.9 Å². The largest absolute Gasteiger partial charge is 0.342 e. The van der Waals surface area contributed by atoms with E-state index >= 15 is 0 Å². The summed E-state index contributed by atoms with van der Waals surface area (Å²) in [5.74, 6) is 1.28. The van der Waals surface area contributed by atoms with E-state index in [9.17, 15) is 4.79 Å². The van der Waals surface area contributed by atoms with Gasteiger partial charge in [-0.1, -0.05) is 19.3 Å². The third-order valence-electron chi connectivity index (χ3n) is 5.75. The second-order valence-electron chi connectivity index (χ2n) is 6.87. The molecule has 1 N–H and O–H groups in total. The van der Waals surface area contributed by atoms with Gasteiger partial charge in [0.1, 0.15) is 0 Å². The maximum Gasteiger partial charge on any atom is 0.222 e. The fraction of sp³-hybridized carbons (Fsp3) is 0.938. The van der Waals surface area contributed by atoms with Gasteiger partial charge in [-0.05, 0) is 56.5 Å². The van der Waals surface area contributed by atoms with E-state index in [1.54, 1.807) is 0 Å². The van der Waals surface area contributed by atoms with Crippen LogP contribution in [0.3, 0.4) is 0 Å². The van der Waals surface area contributed by atoms with Crippen molar-refractivity contribution in [3.8, 4) is 0 Å². The smallest absolute Gasteiger partial charge is 0.222 e. The molecule has 0 aromatic heterocycles. The van der Waals surface area contributed by atoms with Crippen LogP contribution in [0.2, 0.25) is 0 Å². The van der Waals surface area contributed by atoms with E-state index in [4.69, 9.17) is 0 Å². The van der Waals surface area contributed by atoms with Gasteiger partial charge in [0.15, 0.2) is 0 Å². The topological polar surface area (TPSA) is 32.3 Å². The molecule has 3 heteroatoms. The van der Waals surface area contributed by atoms with Crippen molar-refractivity contribution in [2.75, 3.05) is 26.2 Å². The normalized spacial score (nSPS) is 28.8. The zero-order valence-corrected chi connectivity index (χ0v) is 12.1. The highest BCUT2D eigenvalue weighted by atomic mass is 16.2. The van der Waals surface area contributed by atoms with Crippen LogP contribution in [0.5, 0.6) is 0 Å². The molecule has 0 aromatic carbocycles. The Hall–Kier alpha value is -0.570. The number of nitrogens with one attached hydrogen (secondary N) is 1. The molecule has 2 heterocycles. The molecule has 2 aliphatic heterocycles. The van der Waals surface area contributed by atoms with E-state index in [-0.39, 0.29) is 0 Å². The van der Waals surface area contributed by atoms with E-state index in [0.29, 0.717) is 11.3 Å². The SMILES string of the molecule is O=C1CCCN1CC1(C2CCCCC2)CCNCC1. The molecule has 0 aromatic rings. The van der Waals surface area contributed by atoms with E-state index in [0.717, 1.165) is 44.9 Å². The molecule has 1 amide bonds. The molecule has 0 bridgehead atoms. The van der Waals surface area contributed by atoms with Crippen LogP contribution in [-0.4, -0.2) is 37.0 Å². The molecule has 3 rings (SSSR count). The lowest BCUT2D eigenvalue weighted by atomic mass is 9.63. The molecule has 0 atom stereocenters. The highest BCUT2D eigenvalue weighted by Crippen LogP contribution is 2.45. The fourth-order valence-electron chi connectivity index (χ4n) is 4.59. The molecule has 0 unspecified atom stereocenters. The van der Waals surface area contributed by atoms with Crippen LogP contribution in [-0.2, 0) is 4.79 Å². The fourth-order valence-corrected chi connectivity index (χ4v) is 4.59. The molecule has 2 saturated heterocycles. The van der Waals surface area contributed by atoms with Gasteiger partial charge in [0.05, 0.1) is 0 Å². The number of carbonyl (C=O) groups excluding carboxylic acids is 1. The van der Waals surface area contributed by atoms with Gasteiger partial charge in [-0.2, -0.15) is 0 Å². The quantitative estimate of drug-likeness (QED) is 0.849. The van der Waals surface area contributed by atoms with Crippen LogP contribution in [0.1, 0.15) is 57.8 Å². The summed E-state index contributed by atoms with van der Waals surface area (Å²) in [5.41, 5.74) is 0.436. The minimum Gasteiger partial charge on any atom is -0.342 e. The van der Waals surface area contributed by atoms with E-state index in [2.05, 4.69) is 10.2 Å². The molecule has 3 nitrogen and oxygen atoms in total. The van der Waals surface area contributed by atoms with E-state index in [1.807, 2.05) is 0 Å². The summed E-state index contributed by atoms with van der Waals surface area (Å²) in [7, 11) is 0. The third-order valence-corrected chi connectivity index (χ3v) is 5.75. The van der Waals surface area contributed by atoms with Crippen LogP contribution < -0.4 is 5.32 Å². The Morgan fingerprint density at radius 2 is 1.84 bits per heavy atom. The number of rotatable bonds is 3. The number of hydrogen-bond acceptors (Lipinski definition) is 2. The average molecular weight is 264 g/mol. The monoisotopic (exact) mass is 264 g/mol. The van der Waals surface area contributed by atoms with Crippen LogP contribution in [0.4, 0.5) is 0 Å². The molecule has 3 aliphatic rings. The number of nitrogens with zero attached hydrogens (tertiary/aromatic N) is 1. The molecule has 1 aliphatic carbocycles. The predicted molar refractivity (Wildman–Crippen MR) is 76.9 cm³/mol. The van der Waals surface area contributed by atoms with Crippen molar-refractivity contribution in [1.82, 2.24) is 10.2 Å². The lowest BCUT2D eigenvalue weighted by Crippen LogP contribution is -2.49. The Morgan fingerprint density at radius 3 is 2.47 bits per heavy atom. The van der Waals surface area contributed by atoms with Gasteiger partial charge >= 0.3 is 0 Å². The highest BCUT2D eigenvalue weighted by molar-refractivity contribution is 5.78. The first-order valence-corrected chi connectivity index (χ1v) is 8.29. The Kier molecular flexibility index (Phi) is 4.11. The summed E-state index contributed by atoms with van der Waals surface area (Å²) in [5, 5.41) is 3.51. The summed E-state index contributed by atoms with van der Waals surface area (Å²) >= 11 is 0. The lowest BCUT2D eigenvalue weighted by Gasteiger charge is -2.47. The number of piperidine rings is 1. The number of carbonyl (C=O) groups is 1. The minimum absolute atomic E-state index is 0.411. The molecule has 0 spiro atoms. The second kappa shape index (κ2) is 5.82. The molecule has 1 saturated carbocycles. The maximum absolute atomic E-state index is 12.0. The van der Waals surface area contributed by atoms with Gasteiger partial charge in [0.25, 0.3) is 0 Å². The predicted octanol–water partition coefficient (Wildman–Crippen LogP) is 2.56. The molecule has 108 valence electrons. The number of hydrogen-bond donors (Lipinski definition) is 1. The first kappa shape index (κ1) is 13.4. The average Bonchev–Trinajstić information content (AvgIpc) is 2.86. The summed E-state index contributed by atoms with van der Waals surface area (Å²) in [6.07, 6.45) is 11.5. The Labute approximate surface area is 117 Å². The summed E-state index contributed by atoms with van der Waals surface area (Å²) in [6.45, 7) is 4.37. The second-order valence-corrected chi connectivity index (χ2v) is 6.87. The highest BCUT2D eigenvalue weighted by Gasteiger charge is 2.42. The molecule has 3 fully saturated rings. The zero-order chi connectivity index (χ0) is 13.1. The third kappa shape index (κ3) is 2.81. The molecular weight excluding hydrogens is 236 g/mol. The van der Waals surface area contributed by atoms with Crippen molar-refractivity contribution in [3.05, 3.63) is 0 Å². The van der Waals surface area contributed by atoms with Gasteiger partial charge < -0.3 is 10.2 Å². The van der Waals surface area contributed by atoms with Crippen LogP contribution in [0.25, 0.3) is 0 Å². The molecule has 0 radical (unpaired) electrons. The summed E-state index contributed by atoms with van der Waals surface area (Å²) in [6, 6.07) is 0. The number of likely N-dealkylation sites (tertiary alicyclic amines) is 1. The van der Waals surface area contributed by atoms with Gasteiger partial charge in [0, 0.05) is 19.5 Å². The number of amides is 1. The van der Waals surface area contributed by atoms with Crippen molar-refractivity contribution in [2.24, 2.45) is 11.3 Å². The van der Waals surface area contributed by atoms with Crippen molar-refractivity contribution in [1.29, 1.82) is 0 Å². The first-order chi connectivity index (χ1) is 9.30. The van der Waals surface area contributed by atoms with Crippen LogP contribution in [0.15, 0.2) is 0 Å². The summed E-state index contributed by atoms with van der Waals surface area (Å²) in [4.78, 5) is 14.2. The standard InChI is InChI=1S/C16H28N2O/c19-15-7-4-12-18(15)13-16(8-10-17-11-9-16)14-5-2-1-3-6-14/h14,17H,1-13H2. The minimum atomic E-state index is 0.411. The summed E-state index contributed by atoms with van der Waals surface area (Å²) < 4.78 is 0. The van der Waals surface area contributed by atoms with Crippen molar-refractivity contribution >= 4 is 5.91 Å². The van der Waals surface area contributed by atoms with Crippen molar-refractivity contribution in [2.45, 2.75) is 57.8 Å². The maximum atomic E-state index is 12.0. The Morgan fingerprint density at radius 1 is 1.11 bits per heavy atom.